The van der Waals surface area contributed by atoms with Gasteiger partial charge in [-0.2, -0.15) is 0 Å². The fraction of sp³-hybridized carbons (Fsp3) is 0.318. The number of rotatable bonds is 7. The lowest BCUT2D eigenvalue weighted by molar-refractivity contribution is -0.858. The van der Waals surface area contributed by atoms with E-state index in [9.17, 15) is 18.8 Å². The van der Waals surface area contributed by atoms with Crippen LogP contribution in [-0.4, -0.2) is 49.6 Å². The van der Waals surface area contributed by atoms with Crippen molar-refractivity contribution < 1.29 is 23.7 Å². The Morgan fingerprint density at radius 1 is 1.04 bits per heavy atom. The van der Waals surface area contributed by atoms with E-state index in [1.54, 1.807) is 0 Å². The number of hydrogen-bond donors (Lipinski definition) is 1. The zero-order chi connectivity index (χ0) is 20.3. The van der Waals surface area contributed by atoms with Crippen LogP contribution in [-0.2, 0) is 9.59 Å². The largest absolute Gasteiger partial charge is 0.340 e. The van der Waals surface area contributed by atoms with Crippen molar-refractivity contribution in [3.05, 3.63) is 71.5 Å². The SMILES string of the molecule is C[NH+](C)CCCN1C(=O)C(=O)C(C(=O)c2ccc(F)cc2)C1c1ccccc1. The highest BCUT2D eigenvalue weighted by atomic mass is 19.1. The number of ketones is 2. The Morgan fingerprint density at radius 3 is 2.29 bits per heavy atom. The maximum atomic E-state index is 13.2. The molecule has 0 radical (unpaired) electrons. The van der Waals surface area contributed by atoms with Gasteiger partial charge in [-0.05, 0) is 29.8 Å². The number of nitrogens with one attached hydrogen (secondary N) is 1. The Balaban J connectivity index is 1.96. The third-order valence-corrected chi connectivity index (χ3v) is 5.03. The van der Waals surface area contributed by atoms with Gasteiger partial charge in [0.2, 0.25) is 5.78 Å². The minimum Gasteiger partial charge on any atom is -0.340 e. The fourth-order valence-electron chi connectivity index (χ4n) is 3.65. The number of carbonyl (C=O) groups excluding carboxylic acids is 3. The van der Waals surface area contributed by atoms with Gasteiger partial charge in [0.15, 0.2) is 5.78 Å². The van der Waals surface area contributed by atoms with Gasteiger partial charge in [-0.3, -0.25) is 14.4 Å². The van der Waals surface area contributed by atoms with Gasteiger partial charge in [0.1, 0.15) is 11.7 Å². The number of Topliss-reactive ketones (excluding diaryl/α,β-unsaturated/α-hetero) is 2. The number of amides is 1. The molecule has 1 saturated heterocycles. The molecule has 2 aromatic rings. The first-order chi connectivity index (χ1) is 13.4. The number of quaternary nitrogens is 1. The minimum atomic E-state index is -1.12. The molecular weight excluding hydrogens is 359 g/mol. The van der Waals surface area contributed by atoms with Crippen molar-refractivity contribution >= 4 is 17.5 Å². The first kappa shape index (κ1) is 19.9. The van der Waals surface area contributed by atoms with E-state index in [1.165, 1.54) is 34.1 Å². The van der Waals surface area contributed by atoms with E-state index >= 15 is 0 Å². The second-order valence-corrected chi connectivity index (χ2v) is 7.38. The van der Waals surface area contributed by atoms with Crippen molar-refractivity contribution in [3.8, 4) is 0 Å². The van der Waals surface area contributed by atoms with Crippen molar-refractivity contribution in [2.24, 2.45) is 5.92 Å². The predicted octanol–water partition coefficient (Wildman–Crippen LogP) is 1.31. The lowest BCUT2D eigenvalue weighted by Gasteiger charge is -2.27. The lowest BCUT2D eigenvalue weighted by atomic mass is 9.86. The maximum absolute atomic E-state index is 13.2. The molecule has 0 bridgehead atoms. The average molecular weight is 383 g/mol. The molecule has 146 valence electrons. The first-order valence-corrected chi connectivity index (χ1v) is 9.38. The van der Waals surface area contributed by atoms with Crippen molar-refractivity contribution in [1.82, 2.24) is 4.90 Å². The molecular formula is C22H24FN2O3+. The zero-order valence-corrected chi connectivity index (χ0v) is 16.0. The second-order valence-electron chi connectivity index (χ2n) is 7.38. The van der Waals surface area contributed by atoms with Crippen molar-refractivity contribution in [1.29, 1.82) is 0 Å². The smallest absolute Gasteiger partial charge is 0.291 e. The van der Waals surface area contributed by atoms with Gasteiger partial charge in [0.05, 0.1) is 26.7 Å². The van der Waals surface area contributed by atoms with Gasteiger partial charge in [-0.1, -0.05) is 30.3 Å². The summed E-state index contributed by atoms with van der Waals surface area (Å²) >= 11 is 0. The molecule has 28 heavy (non-hydrogen) atoms. The van der Waals surface area contributed by atoms with Crippen LogP contribution < -0.4 is 4.90 Å². The van der Waals surface area contributed by atoms with Crippen LogP contribution in [0.5, 0.6) is 0 Å². The maximum Gasteiger partial charge on any atom is 0.291 e. The Kier molecular flexibility index (Phi) is 5.99. The highest BCUT2D eigenvalue weighted by molar-refractivity contribution is 6.44. The van der Waals surface area contributed by atoms with Crippen LogP contribution in [0.1, 0.15) is 28.4 Å². The molecule has 0 aliphatic carbocycles. The molecule has 2 atom stereocenters. The number of nitrogens with zero attached hydrogens (tertiary/aromatic N) is 1. The van der Waals surface area contributed by atoms with Gasteiger partial charge in [0, 0.05) is 18.5 Å². The summed E-state index contributed by atoms with van der Waals surface area (Å²) in [5, 5.41) is 0. The number of likely N-dealkylation sites (tertiary alicyclic amines) is 1. The van der Waals surface area contributed by atoms with Crippen LogP contribution in [0.25, 0.3) is 0 Å². The van der Waals surface area contributed by atoms with E-state index in [4.69, 9.17) is 0 Å². The topological polar surface area (TPSA) is 58.9 Å². The van der Waals surface area contributed by atoms with Crippen LogP contribution >= 0.6 is 0 Å². The number of halogens is 1. The van der Waals surface area contributed by atoms with Crippen LogP contribution in [0.15, 0.2) is 54.6 Å². The summed E-state index contributed by atoms with van der Waals surface area (Å²) in [4.78, 5) is 41.4. The van der Waals surface area contributed by atoms with E-state index in [1.807, 2.05) is 44.4 Å². The first-order valence-electron chi connectivity index (χ1n) is 9.38. The molecule has 2 unspecified atom stereocenters. The standard InChI is InChI=1S/C22H23FN2O3/c1-24(2)13-6-14-25-19(15-7-4-3-5-8-15)18(21(27)22(25)28)20(26)16-9-11-17(23)12-10-16/h3-5,7-12,18-19H,6,13-14H2,1-2H3/p+1. The third kappa shape index (κ3) is 4.02. The second kappa shape index (κ2) is 8.44. The van der Waals surface area contributed by atoms with Gasteiger partial charge in [0.25, 0.3) is 5.91 Å². The molecule has 1 heterocycles. The van der Waals surface area contributed by atoms with Crippen LogP contribution in [0.2, 0.25) is 0 Å². The molecule has 1 aliphatic heterocycles. The molecule has 2 aromatic carbocycles. The molecule has 1 aliphatic rings. The summed E-state index contributed by atoms with van der Waals surface area (Å²) in [6.07, 6.45) is 0.724. The normalized spacial score (nSPS) is 19.5. The van der Waals surface area contributed by atoms with Crippen molar-refractivity contribution in [2.75, 3.05) is 27.2 Å². The summed E-state index contributed by atoms with van der Waals surface area (Å²) < 4.78 is 13.2. The molecule has 0 spiro atoms. The molecule has 1 amide bonds. The lowest BCUT2D eigenvalue weighted by Crippen LogP contribution is -3.05. The third-order valence-electron chi connectivity index (χ3n) is 5.03. The number of benzene rings is 2. The van der Waals surface area contributed by atoms with E-state index in [2.05, 4.69) is 0 Å². The predicted molar refractivity (Wildman–Crippen MR) is 102 cm³/mol. The van der Waals surface area contributed by atoms with Gasteiger partial charge in [-0.15, -0.1) is 0 Å². The molecule has 0 saturated carbocycles. The quantitative estimate of drug-likeness (QED) is 0.446. The van der Waals surface area contributed by atoms with E-state index in [0.29, 0.717) is 6.54 Å². The average Bonchev–Trinajstić information content (AvgIpc) is 2.93. The fourth-order valence-corrected chi connectivity index (χ4v) is 3.65. The van der Waals surface area contributed by atoms with Gasteiger partial charge < -0.3 is 9.80 Å². The highest BCUT2D eigenvalue weighted by Gasteiger charge is 2.51. The number of carbonyl (C=O) groups is 3. The van der Waals surface area contributed by atoms with Crippen molar-refractivity contribution in [2.45, 2.75) is 12.5 Å². The van der Waals surface area contributed by atoms with Crippen LogP contribution in [0, 0.1) is 11.7 Å². The van der Waals surface area contributed by atoms with Crippen LogP contribution in [0.4, 0.5) is 4.39 Å². The minimum absolute atomic E-state index is 0.230. The summed E-state index contributed by atoms with van der Waals surface area (Å²) in [6.45, 7) is 1.25. The summed E-state index contributed by atoms with van der Waals surface area (Å²) in [5.74, 6) is -3.35. The molecule has 1 N–H and O–H groups in total. The molecule has 0 aromatic heterocycles. The highest BCUT2D eigenvalue weighted by Crippen LogP contribution is 2.38. The summed E-state index contributed by atoms with van der Waals surface area (Å²) in [6, 6.07) is 13.6. The molecule has 6 heteroatoms. The summed E-state index contributed by atoms with van der Waals surface area (Å²) in [7, 11) is 4.04. The molecule has 5 nitrogen and oxygen atoms in total. The van der Waals surface area contributed by atoms with E-state index in [-0.39, 0.29) is 5.56 Å². The van der Waals surface area contributed by atoms with Crippen LogP contribution in [0.3, 0.4) is 0 Å². The monoisotopic (exact) mass is 383 g/mol. The molecule has 3 rings (SSSR count). The zero-order valence-electron chi connectivity index (χ0n) is 16.0. The van der Waals surface area contributed by atoms with Crippen molar-refractivity contribution in [3.63, 3.8) is 0 Å². The Hall–Kier alpha value is -2.86. The van der Waals surface area contributed by atoms with E-state index in [0.717, 1.165) is 18.5 Å². The Morgan fingerprint density at radius 2 is 1.68 bits per heavy atom. The molecule has 1 fully saturated rings. The van der Waals surface area contributed by atoms with E-state index < -0.39 is 35.3 Å². The Labute approximate surface area is 163 Å². The van der Waals surface area contributed by atoms with Gasteiger partial charge >= 0.3 is 0 Å². The Bertz CT molecular complexity index is 865. The van der Waals surface area contributed by atoms with Gasteiger partial charge in [-0.25, -0.2) is 4.39 Å². The number of hydrogen-bond acceptors (Lipinski definition) is 3. The summed E-state index contributed by atoms with van der Waals surface area (Å²) in [5.41, 5.74) is 0.979.